The van der Waals surface area contributed by atoms with Crippen LogP contribution in [0.25, 0.3) is 0 Å². The molecule has 7 heteroatoms. The van der Waals surface area contributed by atoms with Crippen molar-refractivity contribution in [2.75, 3.05) is 7.05 Å². The number of likely N-dealkylation sites (N-methyl/N-ethyl adjacent to an activating group) is 1. The smallest absolute Gasteiger partial charge is 0.331 e. The summed E-state index contributed by atoms with van der Waals surface area (Å²) in [5.74, 6) is -1.61. The van der Waals surface area contributed by atoms with Crippen LogP contribution in [0.1, 0.15) is 62.3 Å². The van der Waals surface area contributed by atoms with Crippen molar-refractivity contribution in [1.82, 2.24) is 16.0 Å². The van der Waals surface area contributed by atoms with E-state index in [1.54, 1.807) is 7.05 Å². The van der Waals surface area contributed by atoms with Gasteiger partial charge in [-0.15, -0.1) is 0 Å². The zero-order valence-corrected chi connectivity index (χ0v) is 19.1. The highest BCUT2D eigenvalue weighted by atomic mass is 16.4. The van der Waals surface area contributed by atoms with Crippen LogP contribution in [0, 0.1) is 16.7 Å². The Morgan fingerprint density at radius 1 is 0.857 bits per heavy atom. The Bertz CT molecular complexity index is 598. The average molecular weight is 398 g/mol. The molecule has 0 saturated carbocycles. The summed E-state index contributed by atoms with van der Waals surface area (Å²) in [6, 6.07) is -1.67. The highest BCUT2D eigenvalue weighted by molar-refractivity contribution is 5.91. The first-order valence-corrected chi connectivity index (χ1v) is 9.72. The number of carboxylic acid groups (broad SMARTS) is 1. The van der Waals surface area contributed by atoms with Crippen molar-refractivity contribution in [3.8, 4) is 0 Å². The number of rotatable bonds is 8. The molecule has 0 aromatic rings. The summed E-state index contributed by atoms with van der Waals surface area (Å²) in [5, 5.41) is 17.9. The second-order valence-corrected chi connectivity index (χ2v) is 9.83. The van der Waals surface area contributed by atoms with Crippen LogP contribution in [0.4, 0.5) is 0 Å². The number of nitrogens with one attached hydrogen (secondary N) is 3. The van der Waals surface area contributed by atoms with Crippen molar-refractivity contribution in [3.63, 3.8) is 0 Å². The molecule has 0 saturated heterocycles. The highest BCUT2D eigenvalue weighted by Crippen LogP contribution is 2.23. The fourth-order valence-corrected chi connectivity index (χ4v) is 2.85. The SMILES string of the molecule is CN[C@H](C(=O)N[C@H](C(=O)NC(C=C(C)C(=O)O)C(C)C)C(C)(C)C)C(C)(C)C. The normalized spacial score (nSPS) is 16.3. The Hall–Kier alpha value is -1.89. The second kappa shape index (κ2) is 10.0. The molecule has 0 aromatic carbocycles. The lowest BCUT2D eigenvalue weighted by atomic mass is 9.83. The van der Waals surface area contributed by atoms with Gasteiger partial charge in [0.05, 0.1) is 12.1 Å². The van der Waals surface area contributed by atoms with Crippen LogP contribution in [0.15, 0.2) is 11.6 Å². The van der Waals surface area contributed by atoms with Crippen molar-refractivity contribution in [2.45, 2.75) is 80.4 Å². The van der Waals surface area contributed by atoms with Gasteiger partial charge in [-0.2, -0.15) is 0 Å². The molecule has 0 bridgehead atoms. The topological polar surface area (TPSA) is 108 Å². The van der Waals surface area contributed by atoms with E-state index in [1.165, 1.54) is 13.0 Å². The van der Waals surface area contributed by atoms with E-state index in [0.717, 1.165) is 0 Å². The third-order valence-electron chi connectivity index (χ3n) is 4.63. The zero-order valence-electron chi connectivity index (χ0n) is 19.1. The molecule has 0 rings (SSSR count). The largest absolute Gasteiger partial charge is 0.478 e. The third kappa shape index (κ3) is 8.00. The molecular formula is C21H39N3O4. The van der Waals surface area contributed by atoms with Gasteiger partial charge in [-0.05, 0) is 30.7 Å². The van der Waals surface area contributed by atoms with Crippen LogP contribution in [0.5, 0.6) is 0 Å². The van der Waals surface area contributed by atoms with Crippen LogP contribution in [-0.4, -0.2) is 48.1 Å². The Balaban J connectivity index is 5.62. The number of carbonyl (C=O) groups is 3. The molecule has 0 fully saturated rings. The monoisotopic (exact) mass is 397 g/mol. The molecule has 0 aliphatic heterocycles. The maximum absolute atomic E-state index is 13.0. The lowest BCUT2D eigenvalue weighted by Gasteiger charge is -2.35. The summed E-state index contributed by atoms with van der Waals surface area (Å²) in [5.41, 5.74) is -0.680. The number of carboxylic acids is 1. The molecular weight excluding hydrogens is 358 g/mol. The summed E-state index contributed by atoms with van der Waals surface area (Å²) in [4.78, 5) is 37.0. The summed E-state index contributed by atoms with van der Waals surface area (Å²) < 4.78 is 0. The first kappa shape index (κ1) is 26.1. The highest BCUT2D eigenvalue weighted by Gasteiger charge is 2.37. The molecule has 0 spiro atoms. The average Bonchev–Trinajstić information content (AvgIpc) is 2.49. The predicted molar refractivity (Wildman–Crippen MR) is 112 cm³/mol. The molecule has 28 heavy (non-hydrogen) atoms. The molecule has 2 amide bonds. The van der Waals surface area contributed by atoms with E-state index in [4.69, 9.17) is 5.11 Å². The summed E-state index contributed by atoms with van der Waals surface area (Å²) in [6.45, 7) is 16.8. The van der Waals surface area contributed by atoms with Crippen molar-refractivity contribution in [2.24, 2.45) is 16.7 Å². The second-order valence-electron chi connectivity index (χ2n) is 9.83. The molecule has 7 nitrogen and oxygen atoms in total. The molecule has 0 aliphatic carbocycles. The van der Waals surface area contributed by atoms with Gasteiger partial charge in [-0.1, -0.05) is 61.5 Å². The first-order valence-electron chi connectivity index (χ1n) is 9.72. The first-order chi connectivity index (χ1) is 12.5. The van der Waals surface area contributed by atoms with Gasteiger partial charge in [0.1, 0.15) is 6.04 Å². The van der Waals surface area contributed by atoms with E-state index in [-0.39, 0.29) is 28.7 Å². The Morgan fingerprint density at radius 3 is 1.61 bits per heavy atom. The van der Waals surface area contributed by atoms with E-state index in [1.807, 2.05) is 55.4 Å². The maximum atomic E-state index is 13.0. The third-order valence-corrected chi connectivity index (χ3v) is 4.63. The summed E-state index contributed by atoms with van der Waals surface area (Å²) in [6.07, 6.45) is 1.54. The van der Waals surface area contributed by atoms with E-state index >= 15 is 0 Å². The van der Waals surface area contributed by atoms with Gasteiger partial charge in [0, 0.05) is 5.57 Å². The minimum absolute atomic E-state index is 0.00537. The summed E-state index contributed by atoms with van der Waals surface area (Å²) >= 11 is 0. The molecule has 4 N–H and O–H groups in total. The molecule has 0 radical (unpaired) electrons. The number of carbonyl (C=O) groups excluding carboxylic acids is 2. The van der Waals surface area contributed by atoms with Crippen molar-refractivity contribution in [3.05, 3.63) is 11.6 Å². The number of hydrogen-bond acceptors (Lipinski definition) is 4. The van der Waals surface area contributed by atoms with Crippen LogP contribution in [-0.2, 0) is 14.4 Å². The molecule has 0 aliphatic rings. The maximum Gasteiger partial charge on any atom is 0.331 e. The summed E-state index contributed by atoms with van der Waals surface area (Å²) in [7, 11) is 1.72. The Kier molecular flexibility index (Phi) is 9.37. The minimum atomic E-state index is -1.03. The Morgan fingerprint density at radius 2 is 1.29 bits per heavy atom. The zero-order chi connectivity index (χ0) is 22.4. The van der Waals surface area contributed by atoms with E-state index < -0.39 is 29.5 Å². The number of aliphatic carboxylic acids is 1. The lowest BCUT2D eigenvalue weighted by Crippen LogP contribution is -2.60. The molecule has 0 aromatic heterocycles. The van der Waals surface area contributed by atoms with Gasteiger partial charge in [0.15, 0.2) is 0 Å². The lowest BCUT2D eigenvalue weighted by molar-refractivity contribution is -0.134. The van der Waals surface area contributed by atoms with Crippen LogP contribution < -0.4 is 16.0 Å². The van der Waals surface area contributed by atoms with Crippen molar-refractivity contribution < 1.29 is 19.5 Å². The number of amides is 2. The molecule has 3 atom stereocenters. The standard InChI is InChI=1S/C21H39N3O4/c1-12(2)14(11-13(3)19(27)28)23-18(26)16(21(7,8)9)24-17(25)15(22-10)20(4,5)6/h11-12,14-16,22H,1-10H3,(H,23,26)(H,24,25)(H,27,28)/t14?,15-,16-/m1/s1. The van der Waals surface area contributed by atoms with Crippen molar-refractivity contribution >= 4 is 17.8 Å². The van der Waals surface area contributed by atoms with E-state index in [9.17, 15) is 14.4 Å². The van der Waals surface area contributed by atoms with Crippen LogP contribution in [0.3, 0.4) is 0 Å². The van der Waals surface area contributed by atoms with Crippen molar-refractivity contribution in [1.29, 1.82) is 0 Å². The van der Waals surface area contributed by atoms with Crippen LogP contribution >= 0.6 is 0 Å². The van der Waals surface area contributed by atoms with Gasteiger partial charge in [0.25, 0.3) is 0 Å². The van der Waals surface area contributed by atoms with Gasteiger partial charge in [-0.25, -0.2) is 4.79 Å². The predicted octanol–water partition coefficient (Wildman–Crippen LogP) is 2.32. The van der Waals surface area contributed by atoms with Gasteiger partial charge in [0.2, 0.25) is 11.8 Å². The van der Waals surface area contributed by atoms with Crippen LogP contribution in [0.2, 0.25) is 0 Å². The van der Waals surface area contributed by atoms with E-state index in [0.29, 0.717) is 0 Å². The fraction of sp³-hybridized carbons (Fsp3) is 0.762. The number of hydrogen-bond donors (Lipinski definition) is 4. The molecule has 0 heterocycles. The Labute approximate surface area is 169 Å². The quantitative estimate of drug-likeness (QED) is 0.470. The van der Waals surface area contributed by atoms with Gasteiger partial charge in [-0.3, -0.25) is 9.59 Å². The van der Waals surface area contributed by atoms with Gasteiger partial charge >= 0.3 is 5.97 Å². The van der Waals surface area contributed by atoms with Gasteiger partial charge < -0.3 is 21.1 Å². The minimum Gasteiger partial charge on any atom is -0.478 e. The molecule has 162 valence electrons. The fourth-order valence-electron chi connectivity index (χ4n) is 2.85. The van der Waals surface area contributed by atoms with E-state index in [2.05, 4.69) is 16.0 Å². The molecule has 1 unspecified atom stereocenters.